The number of benzene rings is 3. The molecule has 126 valence electrons. The first kappa shape index (κ1) is 15.7. The van der Waals surface area contributed by atoms with Crippen LogP contribution in [-0.4, -0.2) is 16.7 Å². The van der Waals surface area contributed by atoms with E-state index in [1.54, 1.807) is 7.11 Å². The number of aryl methyl sites for hydroxylation is 1. The van der Waals surface area contributed by atoms with E-state index in [4.69, 9.17) is 9.72 Å². The molecule has 1 heterocycles. The minimum atomic E-state index is 0.527. The molecule has 0 saturated carbocycles. The second-order valence-electron chi connectivity index (χ2n) is 6.79. The third-order valence-corrected chi connectivity index (χ3v) is 4.91. The van der Waals surface area contributed by atoms with E-state index >= 15 is 0 Å². The van der Waals surface area contributed by atoms with Gasteiger partial charge in [-0.1, -0.05) is 38.1 Å². The summed E-state index contributed by atoms with van der Waals surface area (Å²) >= 11 is 0. The van der Waals surface area contributed by atoms with Crippen molar-refractivity contribution in [3.05, 3.63) is 60.2 Å². The monoisotopic (exact) mass is 330 g/mol. The highest BCUT2D eigenvalue weighted by Crippen LogP contribution is 2.31. The van der Waals surface area contributed by atoms with Crippen LogP contribution >= 0.6 is 0 Å². The number of aromatic nitrogens is 2. The highest BCUT2D eigenvalue weighted by atomic mass is 16.5. The summed E-state index contributed by atoms with van der Waals surface area (Å²) in [5.74, 6) is 2.35. The Balaban J connectivity index is 1.92. The van der Waals surface area contributed by atoms with Crippen molar-refractivity contribution in [1.82, 2.24) is 9.55 Å². The van der Waals surface area contributed by atoms with Crippen molar-refractivity contribution in [2.24, 2.45) is 7.05 Å². The predicted molar refractivity (Wildman–Crippen MR) is 104 cm³/mol. The van der Waals surface area contributed by atoms with E-state index in [1.807, 2.05) is 12.1 Å². The Labute approximate surface area is 147 Å². The molecule has 0 atom stereocenters. The largest absolute Gasteiger partial charge is 0.497 e. The molecule has 0 spiro atoms. The molecule has 0 N–H and O–H groups in total. The molecule has 0 aliphatic heterocycles. The van der Waals surface area contributed by atoms with E-state index in [2.05, 4.69) is 67.9 Å². The molecule has 4 aromatic rings. The molecule has 0 aliphatic rings. The van der Waals surface area contributed by atoms with E-state index in [0.717, 1.165) is 28.2 Å². The lowest BCUT2D eigenvalue weighted by molar-refractivity contribution is 0.415. The average Bonchev–Trinajstić information content (AvgIpc) is 2.98. The van der Waals surface area contributed by atoms with E-state index in [0.29, 0.717) is 5.92 Å². The number of fused-ring (bicyclic) bond motifs is 3. The molecule has 0 radical (unpaired) electrons. The molecule has 0 saturated heterocycles. The Morgan fingerprint density at radius 1 is 0.960 bits per heavy atom. The Hall–Kier alpha value is -2.81. The second-order valence-corrected chi connectivity index (χ2v) is 6.79. The van der Waals surface area contributed by atoms with Gasteiger partial charge in [0.15, 0.2) is 0 Å². The maximum absolute atomic E-state index is 5.26. The molecule has 0 fully saturated rings. The summed E-state index contributed by atoms with van der Waals surface area (Å²) in [7, 11) is 3.75. The van der Waals surface area contributed by atoms with Crippen molar-refractivity contribution in [2.45, 2.75) is 19.8 Å². The molecule has 25 heavy (non-hydrogen) atoms. The van der Waals surface area contributed by atoms with E-state index in [9.17, 15) is 0 Å². The molecular formula is C22H22N2O. The number of hydrogen-bond acceptors (Lipinski definition) is 2. The molecule has 4 rings (SSSR count). The van der Waals surface area contributed by atoms with Crippen molar-refractivity contribution in [3.63, 3.8) is 0 Å². The SMILES string of the molecule is COc1ccc(-c2nc3c4ccc(C(C)C)cc4ccc3n2C)cc1. The van der Waals surface area contributed by atoms with Gasteiger partial charge in [-0.15, -0.1) is 0 Å². The zero-order valence-electron chi connectivity index (χ0n) is 15.1. The van der Waals surface area contributed by atoms with Gasteiger partial charge in [-0.3, -0.25) is 0 Å². The summed E-state index contributed by atoms with van der Waals surface area (Å²) in [5.41, 5.74) is 4.65. The summed E-state index contributed by atoms with van der Waals surface area (Å²) in [6, 6.07) is 19.1. The van der Waals surface area contributed by atoms with Crippen LogP contribution < -0.4 is 4.74 Å². The van der Waals surface area contributed by atoms with Gasteiger partial charge in [0, 0.05) is 18.0 Å². The van der Waals surface area contributed by atoms with Crippen LogP contribution in [0.2, 0.25) is 0 Å². The van der Waals surface area contributed by atoms with Crippen molar-refractivity contribution < 1.29 is 4.74 Å². The zero-order valence-corrected chi connectivity index (χ0v) is 15.1. The Morgan fingerprint density at radius 3 is 2.40 bits per heavy atom. The highest BCUT2D eigenvalue weighted by Gasteiger charge is 2.13. The quantitative estimate of drug-likeness (QED) is 0.494. The smallest absolute Gasteiger partial charge is 0.140 e. The van der Waals surface area contributed by atoms with Crippen LogP contribution in [0.1, 0.15) is 25.3 Å². The van der Waals surface area contributed by atoms with Gasteiger partial charge in [0.05, 0.1) is 18.1 Å². The van der Waals surface area contributed by atoms with Crippen LogP contribution in [0.5, 0.6) is 5.75 Å². The number of methoxy groups -OCH3 is 1. The standard InChI is InChI=1S/C22H22N2O/c1-14(2)16-7-11-19-17(13-16)8-12-20-21(19)23-22(24(20)3)15-5-9-18(25-4)10-6-15/h5-14H,1-4H3. The average molecular weight is 330 g/mol. The summed E-state index contributed by atoms with van der Waals surface area (Å²) in [6.07, 6.45) is 0. The number of ether oxygens (including phenoxy) is 1. The van der Waals surface area contributed by atoms with Gasteiger partial charge >= 0.3 is 0 Å². The van der Waals surface area contributed by atoms with Gasteiger partial charge in [0.2, 0.25) is 0 Å². The van der Waals surface area contributed by atoms with Gasteiger partial charge in [-0.05, 0) is 47.2 Å². The molecular weight excluding hydrogens is 308 g/mol. The van der Waals surface area contributed by atoms with Crippen molar-refractivity contribution in [1.29, 1.82) is 0 Å². The normalized spacial score (nSPS) is 11.6. The maximum Gasteiger partial charge on any atom is 0.140 e. The highest BCUT2D eigenvalue weighted by molar-refractivity contribution is 6.05. The number of rotatable bonds is 3. The maximum atomic E-state index is 5.26. The first-order valence-electron chi connectivity index (χ1n) is 8.62. The molecule has 0 bridgehead atoms. The van der Waals surface area contributed by atoms with Crippen LogP contribution in [0.25, 0.3) is 33.2 Å². The summed E-state index contributed by atoms with van der Waals surface area (Å²) in [6.45, 7) is 4.45. The fraction of sp³-hybridized carbons (Fsp3) is 0.227. The van der Waals surface area contributed by atoms with Crippen LogP contribution in [0.15, 0.2) is 54.6 Å². The van der Waals surface area contributed by atoms with Gasteiger partial charge in [0.1, 0.15) is 11.6 Å². The summed E-state index contributed by atoms with van der Waals surface area (Å²) < 4.78 is 7.41. The lowest BCUT2D eigenvalue weighted by atomic mass is 9.99. The molecule has 1 aromatic heterocycles. The first-order valence-corrected chi connectivity index (χ1v) is 8.62. The zero-order chi connectivity index (χ0) is 17.6. The number of hydrogen-bond donors (Lipinski definition) is 0. The molecule has 0 unspecified atom stereocenters. The van der Waals surface area contributed by atoms with E-state index in [-0.39, 0.29) is 0 Å². The lowest BCUT2D eigenvalue weighted by Crippen LogP contribution is -1.92. The Kier molecular flexibility index (Phi) is 3.72. The van der Waals surface area contributed by atoms with Crippen LogP contribution in [0.3, 0.4) is 0 Å². The predicted octanol–water partition coefficient (Wildman–Crippen LogP) is 5.53. The minimum Gasteiger partial charge on any atom is -0.497 e. The second kappa shape index (κ2) is 5.92. The van der Waals surface area contributed by atoms with Gasteiger partial charge in [0.25, 0.3) is 0 Å². The molecule has 3 heteroatoms. The number of imidazole rings is 1. The summed E-state index contributed by atoms with van der Waals surface area (Å²) in [5, 5.41) is 2.45. The first-order chi connectivity index (χ1) is 12.1. The number of nitrogens with zero attached hydrogens (tertiary/aromatic N) is 2. The fourth-order valence-corrected chi connectivity index (χ4v) is 3.36. The van der Waals surface area contributed by atoms with Gasteiger partial charge in [-0.25, -0.2) is 4.98 Å². The minimum absolute atomic E-state index is 0.527. The molecule has 3 nitrogen and oxygen atoms in total. The molecule has 0 amide bonds. The van der Waals surface area contributed by atoms with E-state index in [1.165, 1.54) is 16.3 Å². The molecule has 0 aliphatic carbocycles. The van der Waals surface area contributed by atoms with Crippen LogP contribution in [-0.2, 0) is 7.05 Å². The topological polar surface area (TPSA) is 27.1 Å². The molecule has 3 aromatic carbocycles. The van der Waals surface area contributed by atoms with Gasteiger partial charge < -0.3 is 9.30 Å². The van der Waals surface area contributed by atoms with Crippen LogP contribution in [0, 0.1) is 0 Å². The van der Waals surface area contributed by atoms with Crippen molar-refractivity contribution >= 4 is 21.8 Å². The van der Waals surface area contributed by atoms with Crippen LogP contribution in [0.4, 0.5) is 0 Å². The van der Waals surface area contributed by atoms with E-state index < -0.39 is 0 Å². The fourth-order valence-electron chi connectivity index (χ4n) is 3.36. The third kappa shape index (κ3) is 2.56. The van der Waals surface area contributed by atoms with Crippen molar-refractivity contribution in [3.8, 4) is 17.1 Å². The Morgan fingerprint density at radius 2 is 1.72 bits per heavy atom. The Bertz CT molecular complexity index is 1060. The van der Waals surface area contributed by atoms with Crippen molar-refractivity contribution in [2.75, 3.05) is 7.11 Å². The summed E-state index contributed by atoms with van der Waals surface area (Å²) in [4.78, 5) is 4.96. The van der Waals surface area contributed by atoms with Gasteiger partial charge in [-0.2, -0.15) is 0 Å². The third-order valence-electron chi connectivity index (χ3n) is 4.91. The lowest BCUT2D eigenvalue weighted by Gasteiger charge is -2.07.